The third-order valence-electron chi connectivity index (χ3n) is 8.84. The number of benzene rings is 2. The third-order valence-corrected chi connectivity index (χ3v) is 12.5. The summed E-state index contributed by atoms with van der Waals surface area (Å²) < 4.78 is 25.0. The molecule has 1 aliphatic rings. The Bertz CT molecular complexity index is 1390. The molecule has 1 saturated heterocycles. The van der Waals surface area contributed by atoms with E-state index in [0.717, 1.165) is 34.8 Å². The zero-order valence-corrected chi connectivity index (χ0v) is 35.5. The standard InChI is InChI=1S/C28H34N2O4.C7H18S.C6H12O.C3H8/c1-5-25(26-17-24(31)12-11-21(26)2)27-18-30(4)28(29-27)13-14-32-15-16-33-19-22(3)34-20-23-9-7-6-8-10-23;1-7(2,3)8(4,5)6;1-6-4-2-3-5-7-6;1-3-2/h1,6-12,17-18,22,25,31H,13-16,19-20H2,2-4H3;1-6H3;6H,2-5H2,1H3;3H2,1-2H3/t22-,25?;;;/m0.../s1. The van der Waals surface area contributed by atoms with Gasteiger partial charge < -0.3 is 28.6 Å². The number of aromatic hydroxyl groups is 1. The Hall–Kier alpha value is -2.80. The lowest BCUT2D eigenvalue weighted by Gasteiger charge is -2.40. The van der Waals surface area contributed by atoms with Crippen molar-refractivity contribution in [3.8, 4) is 18.1 Å². The number of hydrogen-bond donors (Lipinski definition) is 1. The van der Waals surface area contributed by atoms with Gasteiger partial charge in [0.25, 0.3) is 0 Å². The summed E-state index contributed by atoms with van der Waals surface area (Å²) in [5.74, 6) is 3.60. The van der Waals surface area contributed by atoms with Crippen LogP contribution in [0, 0.1) is 19.3 Å². The topological polar surface area (TPSA) is 75.0 Å². The number of rotatable bonds is 13. The van der Waals surface area contributed by atoms with Crippen molar-refractivity contribution in [3.05, 3.63) is 82.9 Å². The van der Waals surface area contributed by atoms with Crippen molar-refractivity contribution in [2.75, 3.05) is 51.8 Å². The lowest BCUT2D eigenvalue weighted by molar-refractivity contribution is -0.0293. The minimum Gasteiger partial charge on any atom is -0.508 e. The van der Waals surface area contributed by atoms with Crippen LogP contribution in [0.15, 0.2) is 54.7 Å². The van der Waals surface area contributed by atoms with E-state index in [1.54, 1.807) is 12.1 Å². The Morgan fingerprint density at radius 2 is 1.67 bits per heavy atom. The van der Waals surface area contributed by atoms with Gasteiger partial charge in [0.05, 0.1) is 56.9 Å². The van der Waals surface area contributed by atoms with Gasteiger partial charge in [-0.05, 0) is 92.4 Å². The van der Waals surface area contributed by atoms with E-state index < -0.39 is 0 Å². The number of aromatic nitrogens is 2. The molecule has 1 N–H and O–H groups in total. The van der Waals surface area contributed by atoms with Gasteiger partial charge in [0, 0.05) is 26.3 Å². The number of ether oxygens (including phenoxy) is 4. The lowest BCUT2D eigenvalue weighted by Crippen LogP contribution is -2.21. The van der Waals surface area contributed by atoms with Crippen molar-refractivity contribution in [1.29, 1.82) is 0 Å². The zero-order chi connectivity index (χ0) is 39.2. The first kappa shape index (κ1) is 47.2. The van der Waals surface area contributed by atoms with Gasteiger partial charge in [0.1, 0.15) is 11.6 Å². The van der Waals surface area contributed by atoms with Crippen LogP contribution in [0.2, 0.25) is 0 Å². The van der Waals surface area contributed by atoms with E-state index in [2.05, 4.69) is 66.2 Å². The van der Waals surface area contributed by atoms with Gasteiger partial charge in [-0.2, -0.15) is 0 Å². The van der Waals surface area contributed by atoms with Crippen LogP contribution < -0.4 is 0 Å². The molecule has 0 spiro atoms. The molecular formula is C44H72N2O5S. The number of terminal acetylenes is 1. The van der Waals surface area contributed by atoms with Crippen molar-refractivity contribution in [2.45, 2.75) is 117 Å². The normalized spacial score (nSPS) is 15.7. The van der Waals surface area contributed by atoms with Crippen molar-refractivity contribution in [3.63, 3.8) is 0 Å². The molecule has 3 aromatic rings. The molecule has 2 aromatic carbocycles. The molecule has 1 aliphatic heterocycles. The van der Waals surface area contributed by atoms with Gasteiger partial charge in [-0.3, -0.25) is 0 Å². The number of phenols is 1. The van der Waals surface area contributed by atoms with Gasteiger partial charge in [0.15, 0.2) is 0 Å². The summed E-state index contributed by atoms with van der Waals surface area (Å²) in [4.78, 5) is 4.74. The maximum absolute atomic E-state index is 9.87. The second-order valence-corrected chi connectivity index (χ2v) is 20.1. The minimum absolute atomic E-state index is 0.0189. The highest BCUT2D eigenvalue weighted by atomic mass is 32.3. The maximum atomic E-state index is 9.87. The quantitative estimate of drug-likeness (QED) is 0.139. The number of phenolic OH excluding ortho intramolecular Hbond substituents is 1. The Balaban J connectivity index is 0.000000612. The molecule has 0 radical (unpaired) electrons. The molecule has 294 valence electrons. The van der Waals surface area contributed by atoms with Crippen LogP contribution in [-0.2, 0) is 39.0 Å². The van der Waals surface area contributed by atoms with Crippen LogP contribution in [0.1, 0.15) is 108 Å². The highest BCUT2D eigenvalue weighted by Crippen LogP contribution is 2.48. The lowest BCUT2D eigenvalue weighted by atomic mass is 9.93. The molecule has 0 saturated carbocycles. The summed E-state index contributed by atoms with van der Waals surface area (Å²) in [5.41, 5.74) is 3.86. The van der Waals surface area contributed by atoms with Crippen LogP contribution in [-0.4, -0.2) is 83.4 Å². The summed E-state index contributed by atoms with van der Waals surface area (Å²) in [5, 5.41) is 9.87. The van der Waals surface area contributed by atoms with Gasteiger partial charge in [0.2, 0.25) is 0 Å². The molecule has 1 fully saturated rings. The maximum Gasteiger partial charge on any atom is 0.115 e. The molecule has 4 rings (SSSR count). The SMILES string of the molecule is C#CC(c1cn(C)c(CCOCCOC[C@H](C)OCc2ccccc2)n1)c1cc(O)ccc1C.CC(C)(C)S(C)(C)C.CC1CCCCO1.CCC. The van der Waals surface area contributed by atoms with E-state index in [4.69, 9.17) is 30.4 Å². The fourth-order valence-electron chi connectivity index (χ4n) is 4.57. The molecule has 0 amide bonds. The van der Waals surface area contributed by atoms with E-state index in [-0.39, 0.29) is 27.8 Å². The minimum atomic E-state index is -0.340. The summed E-state index contributed by atoms with van der Waals surface area (Å²) in [6.07, 6.45) is 21.2. The molecule has 52 heavy (non-hydrogen) atoms. The number of imidazole rings is 1. The monoisotopic (exact) mass is 741 g/mol. The first-order chi connectivity index (χ1) is 24.5. The van der Waals surface area contributed by atoms with E-state index in [0.29, 0.717) is 50.3 Å². The van der Waals surface area contributed by atoms with Crippen LogP contribution >= 0.6 is 10.0 Å². The van der Waals surface area contributed by atoms with Crippen LogP contribution in [0.25, 0.3) is 0 Å². The predicted octanol–water partition coefficient (Wildman–Crippen LogP) is 9.85. The van der Waals surface area contributed by atoms with Crippen molar-refractivity contribution >= 4 is 10.0 Å². The Labute approximate surface area is 319 Å². The Morgan fingerprint density at radius 1 is 1.04 bits per heavy atom. The fraction of sp³-hybridized carbons (Fsp3) is 0.614. The second-order valence-electron chi connectivity index (χ2n) is 15.2. The van der Waals surface area contributed by atoms with Gasteiger partial charge in [-0.15, -0.1) is 6.42 Å². The largest absolute Gasteiger partial charge is 0.508 e. The van der Waals surface area contributed by atoms with E-state index in [1.807, 2.05) is 68.1 Å². The molecule has 7 nitrogen and oxygen atoms in total. The summed E-state index contributed by atoms with van der Waals surface area (Å²) in [6, 6.07) is 15.3. The Kier molecular flexibility index (Phi) is 22.9. The van der Waals surface area contributed by atoms with Gasteiger partial charge in [-0.1, -0.05) is 83.4 Å². The summed E-state index contributed by atoms with van der Waals surface area (Å²) >= 11 is 0. The first-order valence-electron chi connectivity index (χ1n) is 18.9. The molecule has 8 heteroatoms. The molecular weight excluding hydrogens is 669 g/mol. The Morgan fingerprint density at radius 3 is 2.21 bits per heavy atom. The third kappa shape index (κ3) is 19.3. The van der Waals surface area contributed by atoms with Crippen molar-refractivity contribution in [1.82, 2.24) is 9.55 Å². The molecule has 2 unspecified atom stereocenters. The second kappa shape index (κ2) is 25.3. The predicted molar refractivity (Wildman–Crippen MR) is 223 cm³/mol. The molecule has 0 aliphatic carbocycles. The zero-order valence-electron chi connectivity index (χ0n) is 34.7. The number of nitrogens with zero attached hydrogens (tertiary/aromatic N) is 2. The highest BCUT2D eigenvalue weighted by Gasteiger charge is 2.22. The van der Waals surface area contributed by atoms with Gasteiger partial charge in [-0.25, -0.2) is 15.0 Å². The van der Waals surface area contributed by atoms with Crippen LogP contribution in [0.3, 0.4) is 0 Å². The summed E-state index contributed by atoms with van der Waals surface area (Å²) in [6.45, 7) is 21.0. The van der Waals surface area contributed by atoms with Crippen LogP contribution in [0.5, 0.6) is 5.75 Å². The van der Waals surface area contributed by atoms with E-state index >= 15 is 0 Å². The first-order valence-corrected chi connectivity index (χ1v) is 21.8. The van der Waals surface area contributed by atoms with Crippen LogP contribution in [0.4, 0.5) is 0 Å². The number of hydrogen-bond acceptors (Lipinski definition) is 6. The van der Waals surface area contributed by atoms with Crippen molar-refractivity contribution in [2.24, 2.45) is 7.05 Å². The van der Waals surface area contributed by atoms with E-state index in [9.17, 15) is 5.11 Å². The smallest absolute Gasteiger partial charge is 0.115 e. The van der Waals surface area contributed by atoms with E-state index in [1.165, 1.54) is 25.7 Å². The average molecular weight is 741 g/mol. The molecule has 0 bridgehead atoms. The van der Waals surface area contributed by atoms with Gasteiger partial charge >= 0.3 is 0 Å². The molecule has 1 aromatic heterocycles. The molecule has 3 atom stereocenters. The summed E-state index contributed by atoms with van der Waals surface area (Å²) in [7, 11) is 1.61. The molecule has 2 heterocycles. The number of aryl methyl sites for hydroxylation is 2. The fourth-order valence-corrected chi connectivity index (χ4v) is 4.57. The highest BCUT2D eigenvalue weighted by molar-refractivity contribution is 8.33. The average Bonchev–Trinajstić information content (AvgIpc) is 3.45. The van der Waals surface area contributed by atoms with Crippen molar-refractivity contribution < 1.29 is 24.1 Å².